The van der Waals surface area contributed by atoms with Crippen LogP contribution in [-0.4, -0.2) is 11.1 Å². The third-order valence-electron chi connectivity index (χ3n) is 3.77. The van der Waals surface area contributed by atoms with E-state index in [0.717, 1.165) is 23.4 Å². The summed E-state index contributed by atoms with van der Waals surface area (Å²) in [4.78, 5) is 13.4. The van der Waals surface area contributed by atoms with Crippen LogP contribution in [-0.2, 0) is 11.3 Å². The summed E-state index contributed by atoms with van der Waals surface area (Å²) in [5.41, 5.74) is 4.37. The molecule has 5 heteroatoms. The van der Waals surface area contributed by atoms with E-state index in [1.54, 1.807) is 16.8 Å². The van der Waals surface area contributed by atoms with E-state index in [-0.39, 0.29) is 0 Å². The molecule has 0 fully saturated rings. The first-order chi connectivity index (χ1) is 11.8. The summed E-state index contributed by atoms with van der Waals surface area (Å²) in [6.45, 7) is 0.739. The zero-order valence-electron chi connectivity index (χ0n) is 13.0. The Labute approximate surface area is 144 Å². The predicted octanol–water partition coefficient (Wildman–Crippen LogP) is 4.00. The van der Waals surface area contributed by atoms with Crippen molar-refractivity contribution in [3.63, 3.8) is 0 Å². The predicted molar refractivity (Wildman–Crippen MR) is 96.3 cm³/mol. The van der Waals surface area contributed by atoms with Gasteiger partial charge < -0.3 is 5.32 Å². The molecule has 1 atom stereocenters. The van der Waals surface area contributed by atoms with Crippen molar-refractivity contribution in [2.45, 2.75) is 12.5 Å². The third-order valence-corrected chi connectivity index (χ3v) is 4.65. The molecule has 1 aromatic heterocycles. The molecule has 0 aliphatic rings. The van der Waals surface area contributed by atoms with Gasteiger partial charge in [0.05, 0.1) is 5.92 Å². The Morgan fingerprint density at radius 3 is 2.50 bits per heavy atom. The van der Waals surface area contributed by atoms with Crippen molar-refractivity contribution in [1.82, 2.24) is 5.48 Å². The molecule has 0 aliphatic carbocycles. The quantitative estimate of drug-likeness (QED) is 0.470. The molecule has 3 aromatic rings. The van der Waals surface area contributed by atoms with E-state index in [0.29, 0.717) is 0 Å². The van der Waals surface area contributed by atoms with Gasteiger partial charge >= 0.3 is 0 Å². The fraction of sp³-hybridized carbons (Fsp3) is 0.105. The first kappa shape index (κ1) is 16.2. The lowest BCUT2D eigenvalue weighted by atomic mass is 9.90. The van der Waals surface area contributed by atoms with Gasteiger partial charge in [-0.25, -0.2) is 5.48 Å². The third kappa shape index (κ3) is 3.82. The molecular formula is C19H18N2O2S. The molecule has 0 saturated carbocycles. The summed E-state index contributed by atoms with van der Waals surface area (Å²) in [5.74, 6) is -1.00. The lowest BCUT2D eigenvalue weighted by Crippen LogP contribution is -2.27. The second kappa shape index (κ2) is 7.77. The minimum atomic E-state index is -0.556. The van der Waals surface area contributed by atoms with E-state index < -0.39 is 11.8 Å². The molecule has 0 aliphatic heterocycles. The molecule has 122 valence electrons. The Kier molecular flexibility index (Phi) is 5.25. The number of rotatable bonds is 6. The maximum absolute atomic E-state index is 12.2. The highest BCUT2D eigenvalue weighted by molar-refractivity contribution is 7.09. The standard InChI is InChI=1S/C19H18N2O2S/c22-19(21-23)18(14-6-2-1-3-7-14)15-8-4-9-16(12-15)20-13-17-10-5-11-24-17/h1-12,18,20,23H,13H2,(H,21,22). The van der Waals surface area contributed by atoms with Crippen LogP contribution in [0.3, 0.4) is 0 Å². The topological polar surface area (TPSA) is 61.4 Å². The number of amides is 1. The van der Waals surface area contributed by atoms with E-state index in [2.05, 4.69) is 11.4 Å². The van der Waals surface area contributed by atoms with Crippen LogP contribution in [0.4, 0.5) is 5.69 Å². The van der Waals surface area contributed by atoms with Crippen LogP contribution in [0.2, 0.25) is 0 Å². The number of nitrogens with one attached hydrogen (secondary N) is 2. The summed E-state index contributed by atoms with van der Waals surface area (Å²) >= 11 is 1.70. The Balaban J connectivity index is 1.85. The lowest BCUT2D eigenvalue weighted by molar-refractivity contribution is -0.129. The SMILES string of the molecule is O=C(NO)C(c1ccccc1)c1cccc(NCc2cccs2)c1. The van der Waals surface area contributed by atoms with Crippen LogP contribution in [0.15, 0.2) is 72.1 Å². The number of thiophene rings is 1. The average Bonchev–Trinajstić information content (AvgIpc) is 3.15. The molecule has 1 heterocycles. The largest absolute Gasteiger partial charge is 0.380 e. The van der Waals surface area contributed by atoms with Gasteiger partial charge in [-0.3, -0.25) is 10.0 Å². The number of hydrogen-bond acceptors (Lipinski definition) is 4. The second-order valence-electron chi connectivity index (χ2n) is 5.38. The van der Waals surface area contributed by atoms with Gasteiger partial charge in [-0.2, -0.15) is 0 Å². The van der Waals surface area contributed by atoms with E-state index >= 15 is 0 Å². The van der Waals surface area contributed by atoms with E-state index in [1.165, 1.54) is 4.88 Å². The number of carbonyl (C=O) groups excluding carboxylic acids is 1. The van der Waals surface area contributed by atoms with Gasteiger partial charge in [0, 0.05) is 17.1 Å². The fourth-order valence-corrected chi connectivity index (χ4v) is 3.28. The molecule has 3 N–H and O–H groups in total. The van der Waals surface area contributed by atoms with Gasteiger partial charge in [0.25, 0.3) is 5.91 Å². The molecule has 2 aromatic carbocycles. The van der Waals surface area contributed by atoms with E-state index in [4.69, 9.17) is 5.21 Å². The maximum atomic E-state index is 12.2. The molecular weight excluding hydrogens is 320 g/mol. The Morgan fingerprint density at radius 2 is 1.79 bits per heavy atom. The van der Waals surface area contributed by atoms with Gasteiger partial charge in [0.15, 0.2) is 0 Å². The highest BCUT2D eigenvalue weighted by atomic mass is 32.1. The van der Waals surface area contributed by atoms with E-state index in [9.17, 15) is 4.79 Å². The van der Waals surface area contributed by atoms with Crippen LogP contribution in [0.5, 0.6) is 0 Å². The molecule has 0 spiro atoms. The molecule has 4 nitrogen and oxygen atoms in total. The zero-order valence-corrected chi connectivity index (χ0v) is 13.8. The molecule has 1 unspecified atom stereocenters. The normalized spacial score (nSPS) is 11.7. The van der Waals surface area contributed by atoms with Crippen LogP contribution in [0.1, 0.15) is 21.9 Å². The molecule has 0 saturated heterocycles. The number of benzene rings is 2. The van der Waals surface area contributed by atoms with Crippen molar-refractivity contribution >= 4 is 22.9 Å². The highest BCUT2D eigenvalue weighted by Crippen LogP contribution is 2.27. The highest BCUT2D eigenvalue weighted by Gasteiger charge is 2.22. The van der Waals surface area contributed by atoms with Gasteiger partial charge in [-0.15, -0.1) is 11.3 Å². The van der Waals surface area contributed by atoms with Crippen molar-refractivity contribution in [3.8, 4) is 0 Å². The zero-order chi connectivity index (χ0) is 16.8. The van der Waals surface area contributed by atoms with Crippen molar-refractivity contribution in [2.75, 3.05) is 5.32 Å². The fourth-order valence-electron chi connectivity index (χ4n) is 2.64. The van der Waals surface area contributed by atoms with Gasteiger partial charge in [-0.05, 0) is 34.7 Å². The minimum absolute atomic E-state index is 0.448. The minimum Gasteiger partial charge on any atom is -0.380 e. The number of hydroxylamine groups is 1. The Hall–Kier alpha value is -2.63. The average molecular weight is 338 g/mol. The molecule has 0 radical (unpaired) electrons. The first-order valence-electron chi connectivity index (χ1n) is 7.63. The van der Waals surface area contributed by atoms with Crippen LogP contribution >= 0.6 is 11.3 Å². The van der Waals surface area contributed by atoms with Crippen molar-refractivity contribution in [2.24, 2.45) is 0 Å². The smallest absolute Gasteiger partial charge is 0.255 e. The summed E-state index contributed by atoms with van der Waals surface area (Å²) in [6.07, 6.45) is 0. The summed E-state index contributed by atoms with van der Waals surface area (Å²) in [6, 6.07) is 21.2. The van der Waals surface area contributed by atoms with Crippen molar-refractivity contribution in [3.05, 3.63) is 88.1 Å². The molecule has 3 rings (SSSR count). The maximum Gasteiger partial charge on any atom is 0.255 e. The van der Waals surface area contributed by atoms with Crippen molar-refractivity contribution < 1.29 is 10.0 Å². The van der Waals surface area contributed by atoms with Gasteiger partial charge in [-0.1, -0.05) is 48.5 Å². The second-order valence-corrected chi connectivity index (χ2v) is 6.41. The number of carbonyl (C=O) groups is 1. The Morgan fingerprint density at radius 1 is 1.00 bits per heavy atom. The molecule has 1 amide bonds. The van der Waals surface area contributed by atoms with Crippen molar-refractivity contribution in [1.29, 1.82) is 0 Å². The van der Waals surface area contributed by atoms with Gasteiger partial charge in [0.2, 0.25) is 0 Å². The first-order valence-corrected chi connectivity index (χ1v) is 8.51. The lowest BCUT2D eigenvalue weighted by Gasteiger charge is -2.17. The summed E-state index contributed by atoms with van der Waals surface area (Å²) in [5, 5.41) is 14.5. The number of hydrogen-bond donors (Lipinski definition) is 3. The van der Waals surface area contributed by atoms with Crippen LogP contribution < -0.4 is 10.8 Å². The number of anilines is 1. The molecule has 24 heavy (non-hydrogen) atoms. The van der Waals surface area contributed by atoms with Crippen LogP contribution in [0, 0.1) is 0 Å². The van der Waals surface area contributed by atoms with Crippen LogP contribution in [0.25, 0.3) is 0 Å². The summed E-state index contributed by atoms with van der Waals surface area (Å²) < 4.78 is 0. The summed E-state index contributed by atoms with van der Waals surface area (Å²) in [7, 11) is 0. The Bertz CT molecular complexity index is 788. The van der Waals surface area contributed by atoms with E-state index in [1.807, 2.05) is 66.0 Å². The monoisotopic (exact) mass is 338 g/mol. The molecule has 0 bridgehead atoms. The van der Waals surface area contributed by atoms with Gasteiger partial charge in [0.1, 0.15) is 0 Å².